The first-order valence-electron chi connectivity index (χ1n) is 5.40. The number of halogens is 1. The third kappa shape index (κ3) is 2.71. The van der Waals surface area contributed by atoms with E-state index in [0.29, 0.717) is 11.6 Å². The van der Waals surface area contributed by atoms with Crippen molar-refractivity contribution in [2.45, 2.75) is 27.3 Å². The summed E-state index contributed by atoms with van der Waals surface area (Å²) in [4.78, 5) is 11.8. The SMILES string of the molecule is Cc1cc(NC(=O)Cn2nc(C)c(I)c2C)no1. The van der Waals surface area contributed by atoms with Gasteiger partial charge in [-0.25, -0.2) is 0 Å². The monoisotopic (exact) mass is 360 g/mol. The summed E-state index contributed by atoms with van der Waals surface area (Å²) in [5.41, 5.74) is 1.91. The van der Waals surface area contributed by atoms with E-state index in [9.17, 15) is 4.79 Å². The number of carbonyl (C=O) groups is 1. The van der Waals surface area contributed by atoms with Crippen LogP contribution in [-0.4, -0.2) is 20.8 Å². The van der Waals surface area contributed by atoms with E-state index in [-0.39, 0.29) is 12.5 Å². The van der Waals surface area contributed by atoms with Crippen LogP contribution >= 0.6 is 22.6 Å². The van der Waals surface area contributed by atoms with Gasteiger partial charge in [0, 0.05) is 11.8 Å². The van der Waals surface area contributed by atoms with Gasteiger partial charge < -0.3 is 9.84 Å². The van der Waals surface area contributed by atoms with Crippen LogP contribution in [0.4, 0.5) is 5.82 Å². The van der Waals surface area contributed by atoms with Gasteiger partial charge in [0.2, 0.25) is 5.91 Å². The van der Waals surface area contributed by atoms with Crippen molar-refractivity contribution in [3.63, 3.8) is 0 Å². The molecule has 0 aliphatic rings. The zero-order valence-corrected chi connectivity index (χ0v) is 12.5. The second kappa shape index (κ2) is 5.09. The minimum absolute atomic E-state index is 0.168. The first kappa shape index (κ1) is 13.1. The van der Waals surface area contributed by atoms with E-state index in [1.54, 1.807) is 17.7 Å². The second-order valence-electron chi connectivity index (χ2n) is 4.01. The van der Waals surface area contributed by atoms with Crippen LogP contribution in [0.25, 0.3) is 0 Å². The molecule has 2 heterocycles. The number of carbonyl (C=O) groups excluding carboxylic acids is 1. The number of amides is 1. The highest BCUT2D eigenvalue weighted by Crippen LogP contribution is 2.15. The zero-order chi connectivity index (χ0) is 13.3. The molecule has 6 nitrogen and oxygen atoms in total. The van der Waals surface area contributed by atoms with Crippen molar-refractivity contribution in [2.75, 3.05) is 5.32 Å². The van der Waals surface area contributed by atoms with Gasteiger partial charge in [-0.2, -0.15) is 5.10 Å². The fourth-order valence-electron chi connectivity index (χ4n) is 1.57. The largest absolute Gasteiger partial charge is 0.360 e. The highest BCUT2D eigenvalue weighted by Gasteiger charge is 2.12. The van der Waals surface area contributed by atoms with Crippen molar-refractivity contribution in [2.24, 2.45) is 0 Å². The number of aryl methyl sites for hydroxylation is 2. The van der Waals surface area contributed by atoms with Crippen molar-refractivity contribution in [3.05, 3.63) is 26.8 Å². The Kier molecular flexibility index (Phi) is 3.69. The molecule has 0 aliphatic carbocycles. The Morgan fingerprint density at radius 3 is 2.72 bits per heavy atom. The molecule has 2 rings (SSSR count). The fourth-order valence-corrected chi connectivity index (χ4v) is 1.96. The van der Waals surface area contributed by atoms with Gasteiger partial charge in [0.15, 0.2) is 5.82 Å². The molecule has 0 saturated carbocycles. The van der Waals surface area contributed by atoms with Crippen LogP contribution in [-0.2, 0) is 11.3 Å². The Bertz CT molecular complexity index is 588. The Balaban J connectivity index is 2.05. The van der Waals surface area contributed by atoms with Crippen LogP contribution < -0.4 is 5.32 Å². The summed E-state index contributed by atoms with van der Waals surface area (Å²) in [6, 6.07) is 1.67. The lowest BCUT2D eigenvalue weighted by atomic mass is 10.4. The molecule has 1 amide bonds. The molecule has 18 heavy (non-hydrogen) atoms. The highest BCUT2D eigenvalue weighted by molar-refractivity contribution is 14.1. The summed E-state index contributed by atoms with van der Waals surface area (Å²) >= 11 is 2.22. The molecule has 96 valence electrons. The first-order chi connectivity index (χ1) is 8.47. The maximum atomic E-state index is 11.8. The Morgan fingerprint density at radius 1 is 1.50 bits per heavy atom. The molecule has 0 saturated heterocycles. The number of rotatable bonds is 3. The Labute approximate surface area is 118 Å². The molecule has 1 N–H and O–H groups in total. The summed E-state index contributed by atoms with van der Waals surface area (Å²) in [7, 11) is 0. The second-order valence-corrected chi connectivity index (χ2v) is 5.09. The lowest BCUT2D eigenvalue weighted by Crippen LogP contribution is -2.20. The standard InChI is InChI=1S/C11H13IN4O2/c1-6-4-9(15-18-6)13-10(17)5-16-8(3)11(12)7(2)14-16/h4H,5H2,1-3H3,(H,13,15,17). The molecule has 2 aromatic heterocycles. The lowest BCUT2D eigenvalue weighted by molar-refractivity contribution is -0.117. The maximum Gasteiger partial charge on any atom is 0.247 e. The number of aromatic nitrogens is 3. The van der Waals surface area contributed by atoms with Crippen molar-refractivity contribution in [3.8, 4) is 0 Å². The summed E-state index contributed by atoms with van der Waals surface area (Å²) in [6.07, 6.45) is 0. The fraction of sp³-hybridized carbons (Fsp3) is 0.364. The molecule has 7 heteroatoms. The van der Waals surface area contributed by atoms with Crippen molar-refractivity contribution < 1.29 is 9.32 Å². The van der Waals surface area contributed by atoms with Crippen molar-refractivity contribution in [1.82, 2.24) is 14.9 Å². The normalized spacial score (nSPS) is 10.7. The predicted molar refractivity (Wildman–Crippen MR) is 74.3 cm³/mol. The van der Waals surface area contributed by atoms with Gasteiger partial charge in [0.25, 0.3) is 0 Å². The number of nitrogens with zero attached hydrogens (tertiary/aromatic N) is 3. The molecule has 0 bridgehead atoms. The first-order valence-corrected chi connectivity index (χ1v) is 6.48. The molecule has 0 atom stereocenters. The number of anilines is 1. The van der Waals surface area contributed by atoms with E-state index in [0.717, 1.165) is 15.0 Å². The van der Waals surface area contributed by atoms with Gasteiger partial charge in [-0.1, -0.05) is 5.16 Å². The number of nitrogens with one attached hydrogen (secondary N) is 1. The summed E-state index contributed by atoms with van der Waals surface area (Å²) in [6.45, 7) is 5.80. The molecule has 0 aromatic carbocycles. The van der Waals surface area contributed by atoms with Crippen LogP contribution in [0.3, 0.4) is 0 Å². The number of hydrogen-bond acceptors (Lipinski definition) is 4. The van der Waals surface area contributed by atoms with Crippen LogP contribution in [0.2, 0.25) is 0 Å². The molecule has 0 spiro atoms. The third-order valence-electron chi connectivity index (χ3n) is 2.48. The van der Waals surface area contributed by atoms with Gasteiger partial charge in [-0.05, 0) is 43.4 Å². The maximum absolute atomic E-state index is 11.8. The van der Waals surface area contributed by atoms with Crippen LogP contribution in [0.5, 0.6) is 0 Å². The smallest absolute Gasteiger partial charge is 0.247 e. The van der Waals surface area contributed by atoms with Crippen LogP contribution in [0.15, 0.2) is 10.6 Å². The molecule has 0 fully saturated rings. The van der Waals surface area contributed by atoms with Gasteiger partial charge in [-0.15, -0.1) is 0 Å². The average Bonchev–Trinajstić information content (AvgIpc) is 2.80. The molecule has 0 aliphatic heterocycles. The minimum atomic E-state index is -0.176. The molecule has 0 radical (unpaired) electrons. The van der Waals surface area contributed by atoms with Gasteiger partial charge >= 0.3 is 0 Å². The van der Waals surface area contributed by atoms with E-state index in [2.05, 4.69) is 38.2 Å². The highest BCUT2D eigenvalue weighted by atomic mass is 127. The van der Waals surface area contributed by atoms with E-state index in [4.69, 9.17) is 4.52 Å². The Morgan fingerprint density at radius 2 is 2.22 bits per heavy atom. The molecular weight excluding hydrogens is 347 g/mol. The van der Waals surface area contributed by atoms with Crippen LogP contribution in [0.1, 0.15) is 17.1 Å². The summed E-state index contributed by atoms with van der Waals surface area (Å²) in [5.74, 6) is 0.907. The quantitative estimate of drug-likeness (QED) is 0.851. The molecule has 2 aromatic rings. The van der Waals surface area contributed by atoms with Gasteiger partial charge in [0.1, 0.15) is 12.3 Å². The molecular formula is C11H13IN4O2. The van der Waals surface area contributed by atoms with E-state index in [1.807, 2.05) is 13.8 Å². The Hall–Kier alpha value is -1.38. The van der Waals surface area contributed by atoms with Gasteiger partial charge in [0.05, 0.1) is 9.26 Å². The predicted octanol–water partition coefficient (Wildman–Crippen LogP) is 2.04. The van der Waals surface area contributed by atoms with Crippen LogP contribution in [0, 0.1) is 24.3 Å². The van der Waals surface area contributed by atoms with E-state index >= 15 is 0 Å². The lowest BCUT2D eigenvalue weighted by Gasteiger charge is -2.03. The van der Waals surface area contributed by atoms with Gasteiger partial charge in [-0.3, -0.25) is 9.48 Å². The zero-order valence-electron chi connectivity index (χ0n) is 10.3. The topological polar surface area (TPSA) is 73.0 Å². The summed E-state index contributed by atoms with van der Waals surface area (Å²) in [5, 5.41) is 10.7. The minimum Gasteiger partial charge on any atom is -0.360 e. The van der Waals surface area contributed by atoms with Crippen molar-refractivity contribution in [1.29, 1.82) is 0 Å². The third-order valence-corrected chi connectivity index (χ3v) is 4.04. The van der Waals surface area contributed by atoms with E-state index in [1.165, 1.54) is 0 Å². The summed E-state index contributed by atoms with van der Waals surface area (Å²) < 4.78 is 7.64. The number of hydrogen-bond donors (Lipinski definition) is 1. The van der Waals surface area contributed by atoms with E-state index < -0.39 is 0 Å². The molecule has 0 unspecified atom stereocenters. The average molecular weight is 360 g/mol. The van der Waals surface area contributed by atoms with Crippen molar-refractivity contribution >= 4 is 34.3 Å².